The van der Waals surface area contributed by atoms with E-state index in [-0.39, 0.29) is 29.3 Å². The van der Waals surface area contributed by atoms with Crippen molar-refractivity contribution in [2.45, 2.75) is 44.6 Å². The fourth-order valence-corrected chi connectivity index (χ4v) is 4.19. The molecule has 0 aliphatic heterocycles. The summed E-state index contributed by atoms with van der Waals surface area (Å²) in [7, 11) is -3.45. The van der Waals surface area contributed by atoms with Crippen LogP contribution in [0, 0.1) is 5.92 Å². The van der Waals surface area contributed by atoms with Crippen molar-refractivity contribution < 1.29 is 13.2 Å². The molecule has 1 aromatic carbocycles. The quantitative estimate of drug-likeness (QED) is 0.628. The number of nitrogens with one attached hydrogen (secondary N) is 2. The minimum Gasteiger partial charge on any atom is -0.348 e. The third kappa shape index (κ3) is 6.23. The summed E-state index contributed by atoms with van der Waals surface area (Å²) in [6.07, 6.45) is 2.52. The highest BCUT2D eigenvalue weighted by molar-refractivity contribution is 7.89. The van der Waals surface area contributed by atoms with Gasteiger partial charge in [0.15, 0.2) is 0 Å². The van der Waals surface area contributed by atoms with Crippen molar-refractivity contribution >= 4 is 28.3 Å². The lowest BCUT2D eigenvalue weighted by atomic mass is 10.1. The second-order valence-electron chi connectivity index (χ2n) is 6.52. The van der Waals surface area contributed by atoms with Crippen LogP contribution in [0.3, 0.4) is 0 Å². The first kappa shape index (κ1) is 22.9. The summed E-state index contributed by atoms with van der Waals surface area (Å²) in [5.74, 6) is 0.693. The Kier molecular flexibility index (Phi) is 9.03. The van der Waals surface area contributed by atoms with Crippen molar-refractivity contribution in [1.82, 2.24) is 14.9 Å². The third-order valence-electron chi connectivity index (χ3n) is 4.52. The molecular formula is C18H30ClN3O3S. The molecule has 0 radical (unpaired) electrons. The molecule has 2 rings (SSSR count). The van der Waals surface area contributed by atoms with Crippen LogP contribution in [-0.4, -0.2) is 44.8 Å². The minimum atomic E-state index is -3.45. The number of halogens is 1. The van der Waals surface area contributed by atoms with E-state index >= 15 is 0 Å². The van der Waals surface area contributed by atoms with E-state index in [1.807, 2.05) is 20.8 Å². The minimum absolute atomic E-state index is 0. The van der Waals surface area contributed by atoms with Gasteiger partial charge in [-0.3, -0.25) is 4.79 Å². The lowest BCUT2D eigenvalue weighted by Crippen LogP contribution is -2.36. The lowest BCUT2D eigenvalue weighted by molar-refractivity contribution is -0.120. The highest BCUT2D eigenvalue weighted by Gasteiger charge is 2.22. The van der Waals surface area contributed by atoms with Gasteiger partial charge < -0.3 is 10.6 Å². The van der Waals surface area contributed by atoms with E-state index in [4.69, 9.17) is 0 Å². The number of carbonyl (C=O) groups excluding carboxylic acids is 1. The van der Waals surface area contributed by atoms with E-state index in [0.29, 0.717) is 19.6 Å². The van der Waals surface area contributed by atoms with Gasteiger partial charge >= 0.3 is 0 Å². The van der Waals surface area contributed by atoms with Crippen LogP contribution >= 0.6 is 12.4 Å². The molecule has 148 valence electrons. The number of carbonyl (C=O) groups is 1. The zero-order chi connectivity index (χ0) is 18.4. The van der Waals surface area contributed by atoms with Crippen LogP contribution in [0.2, 0.25) is 0 Å². The first-order valence-corrected chi connectivity index (χ1v) is 10.4. The van der Waals surface area contributed by atoms with Gasteiger partial charge in [-0.15, -0.1) is 12.4 Å². The molecular weight excluding hydrogens is 374 g/mol. The Hall–Kier alpha value is -1.15. The number of hydrogen-bond acceptors (Lipinski definition) is 4. The Morgan fingerprint density at radius 1 is 1.19 bits per heavy atom. The fraction of sp³-hybridized carbons (Fsp3) is 0.611. The molecule has 1 aromatic rings. The van der Waals surface area contributed by atoms with Crippen molar-refractivity contribution in [3.63, 3.8) is 0 Å². The van der Waals surface area contributed by atoms with Gasteiger partial charge in [0.1, 0.15) is 0 Å². The second kappa shape index (κ2) is 10.3. The monoisotopic (exact) mass is 403 g/mol. The predicted molar refractivity (Wildman–Crippen MR) is 106 cm³/mol. The van der Waals surface area contributed by atoms with Gasteiger partial charge in [0, 0.05) is 13.1 Å². The molecule has 0 spiro atoms. The van der Waals surface area contributed by atoms with Gasteiger partial charge in [-0.25, -0.2) is 8.42 Å². The van der Waals surface area contributed by atoms with Crippen molar-refractivity contribution in [3.8, 4) is 0 Å². The first-order chi connectivity index (χ1) is 11.9. The molecule has 1 aliphatic rings. The predicted octanol–water partition coefficient (Wildman–Crippen LogP) is 2.32. The topological polar surface area (TPSA) is 78.5 Å². The van der Waals surface area contributed by atoms with Crippen LogP contribution < -0.4 is 10.6 Å². The maximum atomic E-state index is 12.5. The molecule has 1 aliphatic carbocycles. The van der Waals surface area contributed by atoms with Crippen LogP contribution in [-0.2, 0) is 14.8 Å². The first-order valence-electron chi connectivity index (χ1n) is 8.98. The number of benzene rings is 1. The van der Waals surface area contributed by atoms with Gasteiger partial charge in [-0.2, -0.15) is 4.31 Å². The Morgan fingerprint density at radius 3 is 2.27 bits per heavy atom. The fourth-order valence-electron chi connectivity index (χ4n) is 2.73. The Bertz CT molecular complexity index is 671. The van der Waals surface area contributed by atoms with Crippen molar-refractivity contribution in [2.75, 3.05) is 26.2 Å². The lowest BCUT2D eigenvalue weighted by Gasteiger charge is -2.19. The molecule has 1 saturated carbocycles. The molecule has 1 amide bonds. The smallest absolute Gasteiger partial charge is 0.243 e. The molecule has 2 N–H and O–H groups in total. The summed E-state index contributed by atoms with van der Waals surface area (Å²) in [4.78, 5) is 12.2. The highest BCUT2D eigenvalue weighted by Crippen LogP contribution is 2.27. The molecule has 0 aromatic heterocycles. The summed E-state index contributed by atoms with van der Waals surface area (Å²) >= 11 is 0. The number of amides is 1. The van der Waals surface area contributed by atoms with E-state index in [2.05, 4.69) is 10.6 Å². The summed E-state index contributed by atoms with van der Waals surface area (Å²) < 4.78 is 26.4. The van der Waals surface area contributed by atoms with Gasteiger partial charge in [-0.1, -0.05) is 26.0 Å². The van der Waals surface area contributed by atoms with E-state index in [0.717, 1.165) is 18.0 Å². The van der Waals surface area contributed by atoms with Crippen molar-refractivity contribution in [1.29, 1.82) is 0 Å². The van der Waals surface area contributed by atoms with Gasteiger partial charge in [0.2, 0.25) is 15.9 Å². The molecule has 0 bridgehead atoms. The number of nitrogens with zero attached hydrogens (tertiary/aromatic N) is 1. The van der Waals surface area contributed by atoms with Crippen LogP contribution in [0.4, 0.5) is 0 Å². The summed E-state index contributed by atoms with van der Waals surface area (Å²) in [6.45, 7) is 7.65. The molecule has 1 unspecified atom stereocenters. The van der Waals surface area contributed by atoms with E-state index in [1.54, 1.807) is 24.3 Å². The van der Waals surface area contributed by atoms with Crippen LogP contribution in [0.5, 0.6) is 0 Å². The van der Waals surface area contributed by atoms with Gasteiger partial charge in [0.25, 0.3) is 0 Å². The molecule has 1 fully saturated rings. The van der Waals surface area contributed by atoms with Crippen LogP contribution in [0.1, 0.15) is 45.2 Å². The average molecular weight is 404 g/mol. The maximum absolute atomic E-state index is 12.5. The highest BCUT2D eigenvalue weighted by atomic mass is 35.5. The zero-order valence-corrected chi connectivity index (χ0v) is 17.3. The molecule has 1 atom stereocenters. The van der Waals surface area contributed by atoms with E-state index < -0.39 is 10.0 Å². The van der Waals surface area contributed by atoms with Crippen LogP contribution in [0.25, 0.3) is 0 Å². The SMILES string of the molecule is CCN(CC)S(=O)(=O)c1ccc(C(C)NC(=O)CNCC2CC2)cc1.Cl. The summed E-state index contributed by atoms with van der Waals surface area (Å²) in [5, 5.41) is 6.09. The Labute approximate surface area is 163 Å². The second-order valence-corrected chi connectivity index (χ2v) is 8.46. The largest absolute Gasteiger partial charge is 0.348 e. The Balaban J connectivity index is 0.00000338. The normalized spacial score (nSPS) is 15.4. The van der Waals surface area contributed by atoms with E-state index in [9.17, 15) is 13.2 Å². The van der Waals surface area contributed by atoms with Crippen molar-refractivity contribution in [3.05, 3.63) is 29.8 Å². The standard InChI is InChI=1S/C18H29N3O3S.ClH/c1-4-21(5-2)25(23,24)17-10-8-16(9-11-17)14(3)20-18(22)13-19-12-15-6-7-15;/h8-11,14-15,19H,4-7,12-13H2,1-3H3,(H,20,22);1H. The Morgan fingerprint density at radius 2 is 1.77 bits per heavy atom. The van der Waals surface area contributed by atoms with E-state index in [1.165, 1.54) is 17.1 Å². The van der Waals surface area contributed by atoms with Crippen LogP contribution in [0.15, 0.2) is 29.2 Å². The molecule has 0 heterocycles. The summed E-state index contributed by atoms with van der Waals surface area (Å²) in [5.41, 5.74) is 0.883. The average Bonchev–Trinajstić information content (AvgIpc) is 3.40. The molecule has 6 nitrogen and oxygen atoms in total. The third-order valence-corrected chi connectivity index (χ3v) is 6.58. The summed E-state index contributed by atoms with van der Waals surface area (Å²) in [6, 6.07) is 6.58. The molecule has 8 heteroatoms. The molecule has 0 saturated heterocycles. The maximum Gasteiger partial charge on any atom is 0.243 e. The van der Waals surface area contributed by atoms with Gasteiger partial charge in [-0.05, 0) is 49.9 Å². The van der Waals surface area contributed by atoms with Gasteiger partial charge in [0.05, 0.1) is 17.5 Å². The number of sulfonamides is 1. The zero-order valence-electron chi connectivity index (χ0n) is 15.7. The molecule has 26 heavy (non-hydrogen) atoms. The number of rotatable bonds is 10. The van der Waals surface area contributed by atoms with Crippen molar-refractivity contribution in [2.24, 2.45) is 5.92 Å². The number of hydrogen-bond donors (Lipinski definition) is 2.